The number of likely N-dealkylation sites (tertiary alicyclic amines) is 1. The average molecular weight is 356 g/mol. The molecule has 0 bridgehead atoms. The largest absolute Gasteiger partial charge is 0.385 e. The van der Waals surface area contributed by atoms with Crippen LogP contribution < -0.4 is 5.32 Å². The van der Waals surface area contributed by atoms with Crippen LogP contribution in [-0.2, 0) is 9.47 Å². The zero-order valence-electron chi connectivity index (χ0n) is 15.7. The molecule has 0 aromatic carbocycles. The van der Waals surface area contributed by atoms with Gasteiger partial charge in [-0.1, -0.05) is 0 Å². The minimum Gasteiger partial charge on any atom is -0.385 e. The van der Waals surface area contributed by atoms with Gasteiger partial charge in [0.05, 0.1) is 6.04 Å². The van der Waals surface area contributed by atoms with Gasteiger partial charge in [0.2, 0.25) is 0 Å². The molecule has 144 valence electrons. The van der Waals surface area contributed by atoms with Crippen molar-refractivity contribution in [2.45, 2.75) is 37.8 Å². The summed E-state index contributed by atoms with van der Waals surface area (Å²) < 4.78 is 10.5. The summed E-state index contributed by atoms with van der Waals surface area (Å²) in [4.78, 5) is 30.4. The summed E-state index contributed by atoms with van der Waals surface area (Å²) in [6.45, 7) is 3.89. The number of hydrogen-bond acceptors (Lipinski definition) is 4. The van der Waals surface area contributed by atoms with E-state index in [0.29, 0.717) is 39.5 Å². The molecule has 1 atom stereocenters. The van der Waals surface area contributed by atoms with Crippen LogP contribution in [0.3, 0.4) is 0 Å². The fourth-order valence-corrected chi connectivity index (χ4v) is 3.52. The Labute approximate surface area is 150 Å². The third kappa shape index (κ3) is 5.47. The van der Waals surface area contributed by atoms with Gasteiger partial charge in [-0.15, -0.1) is 0 Å². The van der Waals surface area contributed by atoms with E-state index in [2.05, 4.69) is 5.32 Å². The van der Waals surface area contributed by atoms with E-state index in [1.54, 1.807) is 26.1 Å². The Morgan fingerprint density at radius 2 is 1.92 bits per heavy atom. The predicted octanol–water partition coefficient (Wildman–Crippen LogP) is 0.969. The van der Waals surface area contributed by atoms with Crippen LogP contribution in [0.5, 0.6) is 0 Å². The summed E-state index contributed by atoms with van der Waals surface area (Å²) in [5, 5.41) is 3.01. The minimum atomic E-state index is -0.0350. The lowest BCUT2D eigenvalue weighted by atomic mass is 10.0. The molecular weight excluding hydrogens is 324 g/mol. The van der Waals surface area contributed by atoms with E-state index in [9.17, 15) is 9.59 Å². The first kappa shape index (κ1) is 19.8. The normalized spacial score (nSPS) is 21.2. The first-order valence-electron chi connectivity index (χ1n) is 9.13. The Morgan fingerprint density at radius 3 is 2.56 bits per heavy atom. The van der Waals surface area contributed by atoms with E-state index >= 15 is 0 Å². The lowest BCUT2D eigenvalue weighted by Crippen LogP contribution is -2.54. The van der Waals surface area contributed by atoms with E-state index in [-0.39, 0.29) is 24.1 Å². The van der Waals surface area contributed by atoms with Crippen LogP contribution in [0.15, 0.2) is 0 Å². The fourth-order valence-electron chi connectivity index (χ4n) is 3.52. The Kier molecular flexibility index (Phi) is 7.77. The van der Waals surface area contributed by atoms with Gasteiger partial charge in [-0.05, 0) is 25.7 Å². The molecule has 8 nitrogen and oxygen atoms in total. The standard InChI is InChI=1S/C17H32N4O4/c1-19(2)17(23)20-9-5-15(13-20)21(14-6-11-25-12-7-14)16(22)18-8-4-10-24-3/h14-15H,4-13H2,1-3H3,(H,18,22). The Morgan fingerprint density at radius 1 is 1.20 bits per heavy atom. The number of urea groups is 2. The van der Waals surface area contributed by atoms with Crippen molar-refractivity contribution in [1.29, 1.82) is 0 Å². The zero-order chi connectivity index (χ0) is 18.2. The van der Waals surface area contributed by atoms with Crippen molar-refractivity contribution in [2.24, 2.45) is 0 Å². The minimum absolute atomic E-state index is 0.00919. The molecule has 2 heterocycles. The number of hydrogen-bond donors (Lipinski definition) is 1. The first-order chi connectivity index (χ1) is 12.0. The fraction of sp³-hybridized carbons (Fsp3) is 0.882. The molecule has 0 spiro atoms. The van der Waals surface area contributed by atoms with Crippen molar-refractivity contribution in [3.63, 3.8) is 0 Å². The van der Waals surface area contributed by atoms with E-state index in [1.165, 1.54) is 0 Å². The molecule has 2 aliphatic heterocycles. The molecule has 25 heavy (non-hydrogen) atoms. The monoisotopic (exact) mass is 356 g/mol. The highest BCUT2D eigenvalue weighted by Gasteiger charge is 2.37. The van der Waals surface area contributed by atoms with Crippen LogP contribution in [0.1, 0.15) is 25.7 Å². The van der Waals surface area contributed by atoms with Crippen molar-refractivity contribution >= 4 is 12.1 Å². The summed E-state index contributed by atoms with van der Waals surface area (Å²) in [6.07, 6.45) is 3.31. The van der Waals surface area contributed by atoms with E-state index < -0.39 is 0 Å². The quantitative estimate of drug-likeness (QED) is 0.720. The lowest BCUT2D eigenvalue weighted by Gasteiger charge is -2.38. The summed E-state index contributed by atoms with van der Waals surface area (Å²) in [6, 6.07) is 0.215. The van der Waals surface area contributed by atoms with Crippen LogP contribution in [0, 0.1) is 0 Å². The van der Waals surface area contributed by atoms with Crippen molar-refractivity contribution in [2.75, 3.05) is 60.7 Å². The summed E-state index contributed by atoms with van der Waals surface area (Å²) in [5.41, 5.74) is 0. The second-order valence-electron chi connectivity index (χ2n) is 6.89. The number of nitrogens with zero attached hydrogens (tertiary/aromatic N) is 3. The lowest BCUT2D eigenvalue weighted by molar-refractivity contribution is 0.0343. The highest BCUT2D eigenvalue weighted by atomic mass is 16.5. The third-order valence-corrected chi connectivity index (χ3v) is 4.83. The molecule has 2 aliphatic rings. The van der Waals surface area contributed by atoms with Gasteiger partial charge in [-0.2, -0.15) is 0 Å². The third-order valence-electron chi connectivity index (χ3n) is 4.83. The molecule has 4 amide bonds. The van der Waals surface area contributed by atoms with Crippen LogP contribution >= 0.6 is 0 Å². The highest BCUT2D eigenvalue weighted by molar-refractivity contribution is 5.76. The number of rotatable bonds is 6. The number of carbonyl (C=O) groups is 2. The molecule has 0 saturated carbocycles. The molecule has 2 saturated heterocycles. The van der Waals surface area contributed by atoms with Crippen LogP contribution in [0.25, 0.3) is 0 Å². The maximum absolute atomic E-state index is 12.8. The molecule has 0 radical (unpaired) electrons. The number of amides is 4. The number of ether oxygens (including phenoxy) is 2. The van der Waals surface area contributed by atoms with E-state index in [1.807, 2.05) is 9.80 Å². The molecule has 0 aromatic rings. The van der Waals surface area contributed by atoms with Crippen molar-refractivity contribution in [3.05, 3.63) is 0 Å². The highest BCUT2D eigenvalue weighted by Crippen LogP contribution is 2.24. The van der Waals surface area contributed by atoms with Gasteiger partial charge in [0.1, 0.15) is 0 Å². The number of methoxy groups -OCH3 is 1. The van der Waals surface area contributed by atoms with Crippen LogP contribution in [0.2, 0.25) is 0 Å². The summed E-state index contributed by atoms with van der Waals surface area (Å²) in [7, 11) is 5.17. The smallest absolute Gasteiger partial charge is 0.319 e. The Balaban J connectivity index is 1.99. The zero-order valence-corrected chi connectivity index (χ0v) is 15.7. The molecule has 0 aromatic heterocycles. The summed E-state index contributed by atoms with van der Waals surface area (Å²) in [5.74, 6) is 0. The van der Waals surface area contributed by atoms with Gasteiger partial charge < -0.3 is 29.5 Å². The van der Waals surface area contributed by atoms with Crippen LogP contribution in [0.4, 0.5) is 9.59 Å². The molecule has 8 heteroatoms. The number of nitrogens with one attached hydrogen (secondary N) is 1. The first-order valence-corrected chi connectivity index (χ1v) is 9.13. The second-order valence-corrected chi connectivity index (χ2v) is 6.89. The van der Waals surface area contributed by atoms with Crippen molar-refractivity contribution < 1.29 is 19.1 Å². The maximum atomic E-state index is 12.8. The predicted molar refractivity (Wildman–Crippen MR) is 94.6 cm³/mol. The second kappa shape index (κ2) is 9.82. The van der Waals surface area contributed by atoms with Gasteiger partial charge >= 0.3 is 12.1 Å². The molecule has 0 aliphatic carbocycles. The molecular formula is C17H32N4O4. The molecule has 1 N–H and O–H groups in total. The van der Waals surface area contributed by atoms with Gasteiger partial charge in [-0.3, -0.25) is 0 Å². The van der Waals surface area contributed by atoms with Crippen molar-refractivity contribution in [1.82, 2.24) is 20.0 Å². The number of carbonyl (C=O) groups excluding carboxylic acids is 2. The van der Waals surface area contributed by atoms with E-state index in [0.717, 1.165) is 25.7 Å². The van der Waals surface area contributed by atoms with Gasteiger partial charge in [0.15, 0.2) is 0 Å². The SMILES string of the molecule is COCCCNC(=O)N(C1CCOCC1)C1CCN(C(=O)N(C)C)C1. The maximum Gasteiger partial charge on any atom is 0.319 e. The molecule has 2 rings (SSSR count). The van der Waals surface area contributed by atoms with Crippen molar-refractivity contribution in [3.8, 4) is 0 Å². The molecule has 2 fully saturated rings. The Hall–Kier alpha value is -1.54. The van der Waals surface area contributed by atoms with E-state index in [4.69, 9.17) is 9.47 Å². The van der Waals surface area contributed by atoms with Gasteiger partial charge in [0, 0.05) is 66.7 Å². The topological polar surface area (TPSA) is 74.3 Å². The average Bonchev–Trinajstić information content (AvgIpc) is 3.08. The summed E-state index contributed by atoms with van der Waals surface area (Å²) >= 11 is 0. The van der Waals surface area contributed by atoms with Gasteiger partial charge in [-0.25, -0.2) is 9.59 Å². The Bertz CT molecular complexity index is 440. The molecule has 1 unspecified atom stereocenters. The van der Waals surface area contributed by atoms with Gasteiger partial charge in [0.25, 0.3) is 0 Å². The van der Waals surface area contributed by atoms with Crippen LogP contribution in [-0.4, -0.2) is 99.5 Å².